The quantitative estimate of drug-likeness (QED) is 0.165. The number of rotatable bonds is 5. The van der Waals surface area contributed by atoms with Crippen LogP contribution < -0.4 is 9.64 Å². The lowest BCUT2D eigenvalue weighted by atomic mass is 9.69. The van der Waals surface area contributed by atoms with E-state index in [2.05, 4.69) is 90.2 Å². The van der Waals surface area contributed by atoms with Crippen molar-refractivity contribution in [2.45, 2.75) is 65.5 Å². The summed E-state index contributed by atoms with van der Waals surface area (Å²) in [6, 6.07) is 28.4. The third-order valence-corrected chi connectivity index (χ3v) is 14.6. The topological polar surface area (TPSA) is 12.5 Å². The lowest BCUT2D eigenvalue weighted by molar-refractivity contribution is -0.137. The summed E-state index contributed by atoms with van der Waals surface area (Å²) in [5, 5.41) is 2.06. The third-order valence-electron chi connectivity index (χ3n) is 12.0. The van der Waals surface area contributed by atoms with Gasteiger partial charge in [0, 0.05) is 67.6 Å². The van der Waals surface area contributed by atoms with Crippen molar-refractivity contribution in [3.63, 3.8) is 0 Å². The highest BCUT2D eigenvalue weighted by Gasteiger charge is 2.49. The van der Waals surface area contributed by atoms with Crippen LogP contribution in [0.3, 0.4) is 0 Å². The number of halogens is 3. The normalized spacial score (nSPS) is 20.5. The first-order valence-corrected chi connectivity index (χ1v) is 22.2. The summed E-state index contributed by atoms with van der Waals surface area (Å²) in [4.78, 5) is 4.78. The van der Waals surface area contributed by atoms with Gasteiger partial charge < -0.3 is 9.64 Å². The standard InChI is InChI=1S/C45H42F3NOS3/c1-51-38-27-35-36(28-39(38)52-2)42-34(41-40(35)33-17-14-31(45(46,47)48)26-37(33)43(41)19-8-3-4-9-20-43)18-21-44(50-42,29-10-6-5-7-11-29)30-12-15-32(16-13-30)49-22-24-53-25-23-49/h5-7,10-18,21,26-28H,3-4,8-9,19-20,22-25H2,1-2H3. The van der Waals surface area contributed by atoms with E-state index in [0.29, 0.717) is 0 Å². The van der Waals surface area contributed by atoms with Crippen molar-refractivity contribution in [1.82, 2.24) is 0 Å². The molecule has 0 bridgehead atoms. The van der Waals surface area contributed by atoms with Gasteiger partial charge in [0.1, 0.15) is 5.75 Å². The summed E-state index contributed by atoms with van der Waals surface area (Å²) in [5.74, 6) is 3.08. The number of ether oxygens (including phenoxy) is 1. The van der Waals surface area contributed by atoms with E-state index in [4.69, 9.17) is 4.74 Å². The minimum Gasteiger partial charge on any atom is -0.472 e. The van der Waals surface area contributed by atoms with Gasteiger partial charge in [-0.05, 0) is 95.5 Å². The molecule has 2 fully saturated rings. The number of hydrogen-bond acceptors (Lipinski definition) is 5. The molecule has 53 heavy (non-hydrogen) atoms. The van der Waals surface area contributed by atoms with Gasteiger partial charge in [-0.1, -0.05) is 80.3 Å². The minimum absolute atomic E-state index is 0.535. The first-order valence-electron chi connectivity index (χ1n) is 18.6. The summed E-state index contributed by atoms with van der Waals surface area (Å²) in [5.41, 5.74) is 6.30. The van der Waals surface area contributed by atoms with Gasteiger partial charge in [-0.2, -0.15) is 24.9 Å². The molecule has 1 unspecified atom stereocenters. The molecule has 0 N–H and O–H groups in total. The largest absolute Gasteiger partial charge is 0.472 e. The smallest absolute Gasteiger partial charge is 0.416 e. The van der Waals surface area contributed by atoms with E-state index in [1.54, 1.807) is 29.6 Å². The molecule has 2 aliphatic heterocycles. The van der Waals surface area contributed by atoms with E-state index >= 15 is 0 Å². The van der Waals surface area contributed by atoms with Crippen LogP contribution in [0, 0.1) is 0 Å². The molecule has 4 aliphatic rings. The van der Waals surface area contributed by atoms with Crippen LogP contribution in [0.25, 0.3) is 28.0 Å². The molecule has 0 amide bonds. The fraction of sp³-hybridized carbons (Fsp3) is 0.333. The Morgan fingerprint density at radius 2 is 1.42 bits per heavy atom. The maximum atomic E-state index is 14.4. The second-order valence-corrected chi connectivity index (χ2v) is 17.6. The highest BCUT2D eigenvalue weighted by molar-refractivity contribution is 8.01. The van der Waals surface area contributed by atoms with Crippen molar-refractivity contribution in [3.05, 3.63) is 124 Å². The minimum atomic E-state index is -4.42. The van der Waals surface area contributed by atoms with E-state index in [1.807, 2.05) is 17.8 Å². The van der Waals surface area contributed by atoms with Crippen LogP contribution in [0.4, 0.5) is 18.9 Å². The van der Waals surface area contributed by atoms with Gasteiger partial charge in [-0.25, -0.2) is 0 Å². The molecule has 0 radical (unpaired) electrons. The number of thioether (sulfide) groups is 3. The molecule has 1 saturated heterocycles. The van der Waals surface area contributed by atoms with Gasteiger partial charge in [-0.3, -0.25) is 0 Å². The van der Waals surface area contributed by atoms with E-state index < -0.39 is 22.8 Å². The Bertz CT molecular complexity index is 2220. The molecule has 8 heteroatoms. The number of benzene rings is 5. The van der Waals surface area contributed by atoms with Gasteiger partial charge in [0.2, 0.25) is 0 Å². The molecule has 0 aromatic heterocycles. The lowest BCUT2D eigenvalue weighted by Crippen LogP contribution is -2.36. The number of fused-ring (bicyclic) bond motifs is 10. The zero-order chi connectivity index (χ0) is 36.4. The number of hydrogen-bond donors (Lipinski definition) is 0. The molecule has 2 nitrogen and oxygen atoms in total. The van der Waals surface area contributed by atoms with Crippen molar-refractivity contribution in [2.24, 2.45) is 0 Å². The highest BCUT2D eigenvalue weighted by Crippen LogP contribution is 2.62. The number of alkyl halides is 3. The molecular weight excluding hydrogens is 724 g/mol. The second-order valence-electron chi connectivity index (χ2n) is 14.7. The van der Waals surface area contributed by atoms with E-state index in [9.17, 15) is 13.2 Å². The van der Waals surface area contributed by atoms with Gasteiger partial charge in [0.25, 0.3) is 0 Å². The molecule has 5 aromatic rings. The molecule has 2 aliphatic carbocycles. The Morgan fingerprint density at radius 3 is 2.08 bits per heavy atom. The predicted octanol–water partition coefficient (Wildman–Crippen LogP) is 12.8. The third kappa shape index (κ3) is 5.72. The Labute approximate surface area is 323 Å². The van der Waals surface area contributed by atoms with Crippen molar-refractivity contribution in [2.75, 3.05) is 42.0 Å². The van der Waals surface area contributed by atoms with E-state index in [-0.39, 0.29) is 0 Å². The van der Waals surface area contributed by atoms with Crippen LogP contribution in [0.1, 0.15) is 71.9 Å². The Hall–Kier alpha value is -3.46. The van der Waals surface area contributed by atoms with E-state index in [0.717, 1.165) is 128 Å². The van der Waals surface area contributed by atoms with Crippen molar-refractivity contribution < 1.29 is 17.9 Å². The molecule has 5 aromatic carbocycles. The Kier molecular flexibility index (Phi) is 9.10. The van der Waals surface area contributed by atoms with Crippen molar-refractivity contribution >= 4 is 57.8 Å². The van der Waals surface area contributed by atoms with Crippen LogP contribution in [-0.4, -0.2) is 37.1 Å². The van der Waals surface area contributed by atoms with Gasteiger partial charge in [0.15, 0.2) is 5.60 Å². The van der Waals surface area contributed by atoms with Crippen LogP contribution in [0.5, 0.6) is 5.75 Å². The zero-order valence-corrected chi connectivity index (χ0v) is 32.5. The second kappa shape index (κ2) is 13.7. The van der Waals surface area contributed by atoms with Crippen LogP contribution in [0.2, 0.25) is 0 Å². The number of anilines is 1. The maximum Gasteiger partial charge on any atom is 0.416 e. The average Bonchev–Trinajstić information content (AvgIpc) is 3.29. The predicted molar refractivity (Wildman–Crippen MR) is 219 cm³/mol. The summed E-state index contributed by atoms with van der Waals surface area (Å²) in [6.45, 7) is 2.08. The lowest BCUT2D eigenvalue weighted by Gasteiger charge is -2.40. The van der Waals surface area contributed by atoms with Crippen molar-refractivity contribution in [3.8, 4) is 16.9 Å². The Balaban J connectivity index is 1.33. The highest BCUT2D eigenvalue weighted by atomic mass is 32.2. The summed E-state index contributed by atoms with van der Waals surface area (Å²) in [7, 11) is 0. The fourth-order valence-corrected chi connectivity index (χ4v) is 11.9. The maximum absolute atomic E-state index is 14.4. The molecule has 1 atom stereocenters. The fourth-order valence-electron chi connectivity index (χ4n) is 9.47. The summed E-state index contributed by atoms with van der Waals surface area (Å²) in [6.07, 6.45) is 10.0. The SMILES string of the molecule is CSc1cc2c3c(c4c(c2cc1SC)-c1ccc(C(F)(F)F)cc1C41CCCCCC1)C=CC(c1ccccc1)(c1ccc(N2CCSCC2)cc1)O3. The molecule has 272 valence electrons. The summed E-state index contributed by atoms with van der Waals surface area (Å²) >= 11 is 5.43. The van der Waals surface area contributed by atoms with Crippen LogP contribution >= 0.6 is 35.3 Å². The van der Waals surface area contributed by atoms with Gasteiger partial charge in [0.05, 0.1) is 5.56 Å². The van der Waals surface area contributed by atoms with Crippen LogP contribution in [-0.2, 0) is 17.2 Å². The zero-order valence-electron chi connectivity index (χ0n) is 30.0. The van der Waals surface area contributed by atoms with Crippen molar-refractivity contribution in [1.29, 1.82) is 0 Å². The molecule has 1 saturated carbocycles. The van der Waals surface area contributed by atoms with Gasteiger partial charge in [-0.15, -0.1) is 23.5 Å². The first-order chi connectivity index (χ1) is 25.8. The molecule has 1 spiro atoms. The first kappa shape index (κ1) is 35.3. The van der Waals surface area contributed by atoms with Crippen LogP contribution in [0.15, 0.2) is 101 Å². The van der Waals surface area contributed by atoms with E-state index in [1.165, 1.54) is 17.8 Å². The summed E-state index contributed by atoms with van der Waals surface area (Å²) < 4.78 is 50.9. The molecule has 9 rings (SSSR count). The Morgan fingerprint density at radius 1 is 0.755 bits per heavy atom. The molecule has 2 heterocycles. The van der Waals surface area contributed by atoms with Gasteiger partial charge >= 0.3 is 6.18 Å². The monoisotopic (exact) mass is 765 g/mol. The average molecular weight is 766 g/mol. The number of nitrogens with zero attached hydrogens (tertiary/aromatic N) is 1. The molecular formula is C45H42F3NOS3.